The molecular formula is C14H10ClFN2O2S. The lowest BCUT2D eigenvalue weighted by Crippen LogP contribution is -2.16. The predicted octanol–water partition coefficient (Wildman–Crippen LogP) is 3.44. The van der Waals surface area contributed by atoms with E-state index in [1.54, 1.807) is 4.40 Å². The topological polar surface area (TPSA) is 43.6 Å². The molecule has 0 radical (unpaired) electrons. The van der Waals surface area contributed by atoms with Gasteiger partial charge in [-0.15, -0.1) is 11.3 Å². The van der Waals surface area contributed by atoms with E-state index in [1.807, 2.05) is 12.3 Å². The van der Waals surface area contributed by atoms with E-state index in [0.29, 0.717) is 16.4 Å². The molecule has 21 heavy (non-hydrogen) atoms. The number of nitrogens with zero attached hydrogens (tertiary/aromatic N) is 2. The number of ether oxygens (including phenoxy) is 1. The molecule has 2 heterocycles. The number of hydrogen-bond acceptors (Lipinski definition) is 4. The van der Waals surface area contributed by atoms with Crippen molar-refractivity contribution in [3.63, 3.8) is 0 Å². The summed E-state index contributed by atoms with van der Waals surface area (Å²) in [5.41, 5.74) is 1.20. The van der Waals surface area contributed by atoms with Gasteiger partial charge in [-0.05, 0) is 25.1 Å². The van der Waals surface area contributed by atoms with Gasteiger partial charge in [-0.25, -0.2) is 9.37 Å². The Balaban J connectivity index is 1.87. The van der Waals surface area contributed by atoms with Crippen LogP contribution in [0, 0.1) is 12.7 Å². The van der Waals surface area contributed by atoms with E-state index >= 15 is 0 Å². The van der Waals surface area contributed by atoms with E-state index in [9.17, 15) is 9.18 Å². The Hall–Kier alpha value is -1.92. The molecule has 3 rings (SSSR count). The van der Waals surface area contributed by atoms with Gasteiger partial charge in [-0.3, -0.25) is 9.20 Å². The first-order valence-electron chi connectivity index (χ1n) is 6.09. The largest absolute Gasteiger partial charge is 0.486 e. The standard InChI is InChI=1S/C14H10ClFN2O2S/c1-8-7-21-14-17-10(5-13(19)18(8)14)6-20-12-3-2-9(16)4-11(12)15/h2-5,7H,6H2,1H3. The summed E-state index contributed by atoms with van der Waals surface area (Å²) in [6.07, 6.45) is 0. The quantitative estimate of drug-likeness (QED) is 0.741. The Kier molecular flexibility index (Phi) is 3.65. The van der Waals surface area contributed by atoms with Crippen LogP contribution in [-0.2, 0) is 6.61 Å². The number of aromatic nitrogens is 2. The molecule has 0 N–H and O–H groups in total. The van der Waals surface area contributed by atoms with Crippen LogP contribution in [0.25, 0.3) is 4.96 Å². The highest BCUT2D eigenvalue weighted by atomic mass is 35.5. The third-order valence-electron chi connectivity index (χ3n) is 2.90. The van der Waals surface area contributed by atoms with Crippen molar-refractivity contribution in [3.8, 4) is 5.75 Å². The molecule has 0 saturated carbocycles. The molecule has 0 spiro atoms. The molecule has 7 heteroatoms. The monoisotopic (exact) mass is 324 g/mol. The van der Waals surface area contributed by atoms with Crippen LogP contribution in [-0.4, -0.2) is 9.38 Å². The minimum absolute atomic E-state index is 0.0913. The van der Waals surface area contributed by atoms with Gasteiger partial charge < -0.3 is 4.74 Å². The molecular weight excluding hydrogens is 315 g/mol. The molecule has 2 aromatic heterocycles. The highest BCUT2D eigenvalue weighted by Crippen LogP contribution is 2.25. The zero-order valence-corrected chi connectivity index (χ0v) is 12.5. The molecule has 0 saturated heterocycles. The number of benzene rings is 1. The zero-order chi connectivity index (χ0) is 15.0. The SMILES string of the molecule is Cc1csc2nc(COc3ccc(F)cc3Cl)cc(=O)n12. The molecule has 4 nitrogen and oxygen atoms in total. The third kappa shape index (κ3) is 2.77. The lowest BCUT2D eigenvalue weighted by Gasteiger charge is -2.07. The summed E-state index contributed by atoms with van der Waals surface area (Å²) in [6.45, 7) is 1.94. The molecule has 0 atom stereocenters. The van der Waals surface area contributed by atoms with E-state index in [-0.39, 0.29) is 17.2 Å². The molecule has 1 aromatic carbocycles. The van der Waals surface area contributed by atoms with Gasteiger partial charge in [0, 0.05) is 17.1 Å². The van der Waals surface area contributed by atoms with Crippen LogP contribution < -0.4 is 10.3 Å². The van der Waals surface area contributed by atoms with Crippen molar-refractivity contribution in [2.75, 3.05) is 0 Å². The lowest BCUT2D eigenvalue weighted by molar-refractivity contribution is 0.301. The Morgan fingerprint density at radius 2 is 2.24 bits per heavy atom. The molecule has 0 aliphatic carbocycles. The molecule has 0 unspecified atom stereocenters. The van der Waals surface area contributed by atoms with Gasteiger partial charge in [0.25, 0.3) is 5.56 Å². The first-order chi connectivity index (χ1) is 10.0. The van der Waals surface area contributed by atoms with E-state index in [0.717, 1.165) is 5.69 Å². The molecule has 108 valence electrons. The summed E-state index contributed by atoms with van der Waals surface area (Å²) >= 11 is 7.27. The summed E-state index contributed by atoms with van der Waals surface area (Å²) in [7, 11) is 0. The number of aryl methyl sites for hydroxylation is 1. The molecule has 0 amide bonds. The Bertz CT molecular complexity index is 875. The van der Waals surface area contributed by atoms with Gasteiger partial charge in [-0.2, -0.15) is 0 Å². The van der Waals surface area contributed by atoms with E-state index < -0.39 is 5.82 Å². The first kappa shape index (κ1) is 14.0. The van der Waals surface area contributed by atoms with E-state index in [2.05, 4.69) is 4.98 Å². The highest BCUT2D eigenvalue weighted by molar-refractivity contribution is 7.15. The molecule has 0 aliphatic rings. The maximum Gasteiger partial charge on any atom is 0.259 e. The van der Waals surface area contributed by atoms with Gasteiger partial charge in [-0.1, -0.05) is 11.6 Å². The molecule has 0 fully saturated rings. The van der Waals surface area contributed by atoms with Crippen LogP contribution >= 0.6 is 22.9 Å². The van der Waals surface area contributed by atoms with Crippen LogP contribution in [0.2, 0.25) is 5.02 Å². The van der Waals surface area contributed by atoms with Crippen molar-refractivity contribution in [1.29, 1.82) is 0 Å². The van der Waals surface area contributed by atoms with Gasteiger partial charge in [0.05, 0.1) is 10.7 Å². The Morgan fingerprint density at radius 3 is 3.00 bits per heavy atom. The summed E-state index contributed by atoms with van der Waals surface area (Å²) in [5.74, 6) is -0.0818. The zero-order valence-electron chi connectivity index (χ0n) is 11.0. The van der Waals surface area contributed by atoms with Crippen molar-refractivity contribution in [2.24, 2.45) is 0 Å². The second-order valence-electron chi connectivity index (χ2n) is 4.44. The van der Waals surface area contributed by atoms with Crippen molar-refractivity contribution in [1.82, 2.24) is 9.38 Å². The number of thiazole rings is 1. The second kappa shape index (κ2) is 5.46. The maximum absolute atomic E-state index is 12.9. The normalized spacial score (nSPS) is 11.0. The van der Waals surface area contributed by atoms with Crippen LogP contribution in [0.4, 0.5) is 4.39 Å². The van der Waals surface area contributed by atoms with Crippen LogP contribution in [0.5, 0.6) is 5.75 Å². The number of halogens is 2. The smallest absolute Gasteiger partial charge is 0.259 e. The number of hydrogen-bond donors (Lipinski definition) is 0. The molecule has 0 aliphatic heterocycles. The third-order valence-corrected chi connectivity index (χ3v) is 4.14. The fraction of sp³-hybridized carbons (Fsp3) is 0.143. The van der Waals surface area contributed by atoms with E-state index in [4.69, 9.17) is 16.3 Å². The Labute approximate surface area is 128 Å². The first-order valence-corrected chi connectivity index (χ1v) is 7.35. The maximum atomic E-state index is 12.9. The highest BCUT2D eigenvalue weighted by Gasteiger charge is 2.08. The Morgan fingerprint density at radius 1 is 1.43 bits per heavy atom. The number of fused-ring (bicyclic) bond motifs is 1. The summed E-state index contributed by atoms with van der Waals surface area (Å²) in [5, 5.41) is 2.05. The lowest BCUT2D eigenvalue weighted by atomic mass is 10.3. The van der Waals surface area contributed by atoms with Crippen molar-refractivity contribution >= 4 is 27.9 Å². The van der Waals surface area contributed by atoms with Crippen molar-refractivity contribution < 1.29 is 9.13 Å². The molecule has 0 bridgehead atoms. The summed E-state index contributed by atoms with van der Waals surface area (Å²) in [4.78, 5) is 17.0. The van der Waals surface area contributed by atoms with Gasteiger partial charge in [0.15, 0.2) is 4.96 Å². The number of rotatable bonds is 3. The van der Waals surface area contributed by atoms with Crippen LogP contribution in [0.3, 0.4) is 0 Å². The fourth-order valence-corrected chi connectivity index (χ4v) is 3.03. The van der Waals surface area contributed by atoms with Gasteiger partial charge >= 0.3 is 0 Å². The average molecular weight is 325 g/mol. The second-order valence-corrected chi connectivity index (χ2v) is 5.69. The van der Waals surface area contributed by atoms with Gasteiger partial charge in [0.1, 0.15) is 18.2 Å². The predicted molar refractivity (Wildman–Crippen MR) is 79.8 cm³/mol. The average Bonchev–Trinajstić information content (AvgIpc) is 2.80. The van der Waals surface area contributed by atoms with Crippen molar-refractivity contribution in [2.45, 2.75) is 13.5 Å². The molecule has 3 aromatic rings. The van der Waals surface area contributed by atoms with Gasteiger partial charge in [0.2, 0.25) is 0 Å². The van der Waals surface area contributed by atoms with Crippen LogP contribution in [0.1, 0.15) is 11.4 Å². The van der Waals surface area contributed by atoms with Crippen molar-refractivity contribution in [3.05, 3.63) is 62.2 Å². The minimum atomic E-state index is -0.431. The summed E-state index contributed by atoms with van der Waals surface area (Å²) < 4.78 is 20.0. The summed E-state index contributed by atoms with van der Waals surface area (Å²) in [6, 6.07) is 5.29. The minimum Gasteiger partial charge on any atom is -0.486 e. The van der Waals surface area contributed by atoms with Crippen LogP contribution in [0.15, 0.2) is 34.4 Å². The van der Waals surface area contributed by atoms with E-state index in [1.165, 1.54) is 35.6 Å². The fourth-order valence-electron chi connectivity index (χ4n) is 1.92.